The van der Waals surface area contributed by atoms with E-state index in [-0.39, 0.29) is 11.8 Å². The Morgan fingerprint density at radius 1 is 1.21 bits per heavy atom. The number of amides is 1. The summed E-state index contributed by atoms with van der Waals surface area (Å²) < 4.78 is 6.62. The number of methoxy groups -OCH3 is 1. The van der Waals surface area contributed by atoms with Crippen LogP contribution in [0.5, 0.6) is 5.88 Å². The van der Waals surface area contributed by atoms with E-state index in [2.05, 4.69) is 35.3 Å². The Hall–Kier alpha value is -3.56. The van der Waals surface area contributed by atoms with Crippen LogP contribution in [-0.4, -0.2) is 55.8 Å². The first-order valence-electron chi connectivity index (χ1n) is 8.96. The number of aromatic nitrogens is 6. The molecular weight excluding hydrogens is 360 g/mol. The highest BCUT2D eigenvalue weighted by Crippen LogP contribution is 2.23. The normalized spacial score (nSPS) is 16.6. The van der Waals surface area contributed by atoms with Gasteiger partial charge in [-0.15, -0.1) is 0 Å². The zero-order chi connectivity index (χ0) is 19.3. The fraction of sp³-hybridized carbons (Fsp3) is 0.333. The van der Waals surface area contributed by atoms with E-state index in [9.17, 15) is 4.79 Å². The van der Waals surface area contributed by atoms with E-state index < -0.39 is 0 Å². The number of hydrogen-bond donors (Lipinski definition) is 1. The molecule has 0 bridgehead atoms. The minimum atomic E-state index is -0.138. The second-order valence-electron chi connectivity index (χ2n) is 6.44. The number of ether oxygens (including phenoxy) is 1. The van der Waals surface area contributed by atoms with E-state index in [0.717, 1.165) is 25.2 Å². The van der Waals surface area contributed by atoms with Gasteiger partial charge >= 0.3 is 0 Å². The zero-order valence-electron chi connectivity index (χ0n) is 15.4. The standard InChI is InChI=1S/C18H20N8O2/c1-28-17-5-4-14(8-20-17)24-18(27)13-3-2-6-25(9-13)15-7-16(22-11-21-15)26-12-19-10-23-26/h4-5,7-8,10-13H,2-3,6,9H2,1H3,(H,24,27). The maximum atomic E-state index is 12.7. The molecule has 1 atom stereocenters. The lowest BCUT2D eigenvalue weighted by atomic mass is 9.97. The molecule has 0 aliphatic carbocycles. The number of piperidine rings is 1. The first kappa shape index (κ1) is 17.8. The molecule has 3 aromatic heterocycles. The molecular formula is C18H20N8O2. The Balaban J connectivity index is 1.44. The molecule has 3 aromatic rings. The summed E-state index contributed by atoms with van der Waals surface area (Å²) in [5, 5.41) is 7.02. The maximum absolute atomic E-state index is 12.7. The first-order valence-corrected chi connectivity index (χ1v) is 8.96. The van der Waals surface area contributed by atoms with Gasteiger partial charge in [-0.3, -0.25) is 4.79 Å². The fourth-order valence-electron chi connectivity index (χ4n) is 3.18. The van der Waals surface area contributed by atoms with Gasteiger partial charge in [0.2, 0.25) is 11.8 Å². The quantitative estimate of drug-likeness (QED) is 0.705. The van der Waals surface area contributed by atoms with Crippen molar-refractivity contribution in [3.05, 3.63) is 43.4 Å². The summed E-state index contributed by atoms with van der Waals surface area (Å²) in [5.74, 6) is 1.75. The van der Waals surface area contributed by atoms with Crippen LogP contribution in [-0.2, 0) is 4.79 Å². The Kier molecular flexibility index (Phi) is 5.09. The van der Waals surface area contributed by atoms with Crippen LogP contribution >= 0.6 is 0 Å². The van der Waals surface area contributed by atoms with E-state index in [1.54, 1.807) is 36.4 Å². The van der Waals surface area contributed by atoms with Gasteiger partial charge in [0.15, 0.2) is 5.82 Å². The van der Waals surface area contributed by atoms with Gasteiger partial charge in [0.05, 0.1) is 24.9 Å². The minimum absolute atomic E-state index is 0.0257. The molecule has 0 aromatic carbocycles. The molecule has 1 N–H and O–H groups in total. The number of nitrogens with one attached hydrogen (secondary N) is 1. The molecule has 1 aliphatic rings. The smallest absolute Gasteiger partial charge is 0.229 e. The van der Waals surface area contributed by atoms with Crippen molar-refractivity contribution < 1.29 is 9.53 Å². The summed E-state index contributed by atoms with van der Waals surface area (Å²) >= 11 is 0. The van der Waals surface area contributed by atoms with Crippen molar-refractivity contribution in [1.82, 2.24) is 29.7 Å². The second kappa shape index (κ2) is 7.99. The number of carbonyl (C=O) groups excluding carboxylic acids is 1. The molecule has 1 fully saturated rings. The third kappa shape index (κ3) is 3.90. The Morgan fingerprint density at radius 3 is 2.86 bits per heavy atom. The molecule has 1 amide bonds. The summed E-state index contributed by atoms with van der Waals surface area (Å²) in [5.41, 5.74) is 0.651. The highest BCUT2D eigenvalue weighted by Gasteiger charge is 2.27. The molecule has 1 aliphatic heterocycles. The average molecular weight is 380 g/mol. The van der Waals surface area contributed by atoms with Crippen molar-refractivity contribution in [2.24, 2.45) is 5.92 Å². The van der Waals surface area contributed by atoms with Gasteiger partial charge in [0.25, 0.3) is 0 Å². The average Bonchev–Trinajstić information content (AvgIpc) is 3.29. The molecule has 4 heterocycles. The Labute approximate surface area is 161 Å². The predicted octanol–water partition coefficient (Wildman–Crippen LogP) is 1.32. The molecule has 0 saturated carbocycles. The Morgan fingerprint density at radius 2 is 2.11 bits per heavy atom. The van der Waals surface area contributed by atoms with Crippen LogP contribution in [0.3, 0.4) is 0 Å². The fourth-order valence-corrected chi connectivity index (χ4v) is 3.18. The highest BCUT2D eigenvalue weighted by atomic mass is 16.5. The van der Waals surface area contributed by atoms with Crippen LogP contribution in [0.4, 0.5) is 11.5 Å². The lowest BCUT2D eigenvalue weighted by Gasteiger charge is -2.32. The van der Waals surface area contributed by atoms with Gasteiger partial charge in [0, 0.05) is 25.2 Å². The van der Waals surface area contributed by atoms with E-state index in [4.69, 9.17) is 4.74 Å². The van der Waals surface area contributed by atoms with E-state index in [0.29, 0.717) is 23.9 Å². The summed E-state index contributed by atoms with van der Waals surface area (Å²) in [7, 11) is 1.55. The summed E-state index contributed by atoms with van der Waals surface area (Å²) in [6.07, 6.45) is 7.86. The van der Waals surface area contributed by atoms with E-state index in [1.165, 1.54) is 12.7 Å². The summed E-state index contributed by atoms with van der Waals surface area (Å²) in [4.78, 5) is 31.4. The minimum Gasteiger partial charge on any atom is -0.481 e. The topological polar surface area (TPSA) is 111 Å². The van der Waals surface area contributed by atoms with Gasteiger partial charge in [0.1, 0.15) is 24.8 Å². The molecule has 1 saturated heterocycles. The van der Waals surface area contributed by atoms with Crippen molar-refractivity contribution in [3.8, 4) is 11.7 Å². The molecule has 0 radical (unpaired) electrons. The lowest BCUT2D eigenvalue weighted by Crippen LogP contribution is -2.41. The van der Waals surface area contributed by atoms with Crippen LogP contribution in [0, 0.1) is 5.92 Å². The van der Waals surface area contributed by atoms with Crippen LogP contribution in [0.15, 0.2) is 43.4 Å². The maximum Gasteiger partial charge on any atom is 0.229 e. The predicted molar refractivity (Wildman–Crippen MR) is 101 cm³/mol. The van der Waals surface area contributed by atoms with E-state index >= 15 is 0 Å². The number of carbonyl (C=O) groups is 1. The monoisotopic (exact) mass is 380 g/mol. The van der Waals surface area contributed by atoms with Crippen molar-refractivity contribution in [2.45, 2.75) is 12.8 Å². The molecule has 0 spiro atoms. The lowest BCUT2D eigenvalue weighted by molar-refractivity contribution is -0.120. The van der Waals surface area contributed by atoms with Gasteiger partial charge in [-0.1, -0.05) is 0 Å². The van der Waals surface area contributed by atoms with Crippen LogP contribution < -0.4 is 15.0 Å². The van der Waals surface area contributed by atoms with Gasteiger partial charge < -0.3 is 15.0 Å². The number of anilines is 2. The van der Waals surface area contributed by atoms with Gasteiger partial charge in [-0.05, 0) is 18.9 Å². The molecule has 4 rings (SSSR count). The largest absolute Gasteiger partial charge is 0.481 e. The summed E-state index contributed by atoms with van der Waals surface area (Å²) in [6.45, 7) is 1.42. The van der Waals surface area contributed by atoms with Crippen molar-refractivity contribution in [2.75, 3.05) is 30.4 Å². The number of nitrogens with zero attached hydrogens (tertiary/aromatic N) is 7. The Bertz CT molecular complexity index is 929. The number of rotatable bonds is 5. The highest BCUT2D eigenvalue weighted by molar-refractivity contribution is 5.92. The third-order valence-corrected chi connectivity index (χ3v) is 4.62. The third-order valence-electron chi connectivity index (χ3n) is 4.62. The van der Waals surface area contributed by atoms with Crippen LogP contribution in [0.25, 0.3) is 5.82 Å². The van der Waals surface area contributed by atoms with E-state index in [1.807, 2.05) is 6.07 Å². The van der Waals surface area contributed by atoms with Gasteiger partial charge in [-0.2, -0.15) is 5.10 Å². The van der Waals surface area contributed by atoms with Crippen molar-refractivity contribution in [1.29, 1.82) is 0 Å². The van der Waals surface area contributed by atoms with Crippen LogP contribution in [0.1, 0.15) is 12.8 Å². The SMILES string of the molecule is COc1ccc(NC(=O)C2CCCN(c3cc(-n4cncn4)ncn3)C2)cn1. The van der Waals surface area contributed by atoms with Crippen molar-refractivity contribution >= 4 is 17.4 Å². The first-order chi connectivity index (χ1) is 13.7. The molecule has 10 heteroatoms. The second-order valence-corrected chi connectivity index (χ2v) is 6.44. The number of hydrogen-bond acceptors (Lipinski definition) is 8. The molecule has 28 heavy (non-hydrogen) atoms. The molecule has 1 unspecified atom stereocenters. The number of pyridine rings is 1. The zero-order valence-corrected chi connectivity index (χ0v) is 15.4. The molecule has 10 nitrogen and oxygen atoms in total. The van der Waals surface area contributed by atoms with Crippen LogP contribution in [0.2, 0.25) is 0 Å². The van der Waals surface area contributed by atoms with Crippen molar-refractivity contribution in [3.63, 3.8) is 0 Å². The summed E-state index contributed by atoms with van der Waals surface area (Å²) in [6, 6.07) is 5.34. The molecule has 144 valence electrons. The van der Waals surface area contributed by atoms with Gasteiger partial charge in [-0.25, -0.2) is 24.6 Å².